The van der Waals surface area contributed by atoms with Gasteiger partial charge in [-0.15, -0.1) is 0 Å². The topological polar surface area (TPSA) is 41.6 Å². The maximum Gasteiger partial charge on any atom is 0.410 e. The molecule has 1 amide bonds. The molecule has 1 heterocycles. The maximum absolute atomic E-state index is 11.9. The van der Waals surface area contributed by atoms with Crippen LogP contribution in [-0.4, -0.2) is 41.8 Å². The van der Waals surface area contributed by atoms with Crippen molar-refractivity contribution in [2.45, 2.75) is 52.3 Å². The number of piperazine rings is 1. The lowest BCUT2D eigenvalue weighted by molar-refractivity contribution is 0.00303. The molecule has 0 aromatic rings. The Balaban J connectivity index is 2.64. The molecule has 88 valence electrons. The molecule has 0 spiro atoms. The van der Waals surface area contributed by atoms with Crippen LogP contribution < -0.4 is 5.32 Å². The Bertz CT molecular complexity index is 225. The average Bonchev–Trinajstić information content (AvgIpc) is 1.99. The van der Waals surface area contributed by atoms with Gasteiger partial charge in [0.15, 0.2) is 0 Å². The first-order valence-corrected chi connectivity index (χ1v) is 5.53. The second-order valence-electron chi connectivity index (χ2n) is 5.24. The summed E-state index contributed by atoms with van der Waals surface area (Å²) in [5.41, 5.74) is -0.415. The van der Waals surface area contributed by atoms with Crippen LogP contribution in [0.15, 0.2) is 0 Å². The lowest BCUT2D eigenvalue weighted by Crippen LogP contribution is -2.58. The van der Waals surface area contributed by atoms with E-state index in [4.69, 9.17) is 4.74 Å². The van der Waals surface area contributed by atoms with Gasteiger partial charge in [0.25, 0.3) is 0 Å². The minimum Gasteiger partial charge on any atom is -0.444 e. The van der Waals surface area contributed by atoms with E-state index in [0.29, 0.717) is 0 Å². The van der Waals surface area contributed by atoms with Gasteiger partial charge in [0, 0.05) is 25.2 Å². The smallest absolute Gasteiger partial charge is 0.410 e. The molecule has 1 saturated heterocycles. The minimum atomic E-state index is -0.415. The van der Waals surface area contributed by atoms with Crippen molar-refractivity contribution in [3.8, 4) is 0 Å². The first kappa shape index (κ1) is 12.3. The third-order valence-electron chi connectivity index (χ3n) is 2.43. The van der Waals surface area contributed by atoms with Gasteiger partial charge in [-0.3, -0.25) is 0 Å². The summed E-state index contributed by atoms with van der Waals surface area (Å²) in [6.07, 6.45) is -0.205. The average molecular weight is 214 g/mol. The van der Waals surface area contributed by atoms with E-state index in [1.54, 1.807) is 0 Å². The van der Waals surface area contributed by atoms with E-state index in [2.05, 4.69) is 5.32 Å². The number of nitrogens with one attached hydrogen (secondary N) is 1. The highest BCUT2D eigenvalue weighted by Gasteiger charge is 2.32. The number of ether oxygens (including phenoxy) is 1. The maximum atomic E-state index is 11.9. The molecular formula is C11H22N2O2. The Hall–Kier alpha value is -0.770. The molecule has 4 heteroatoms. The minimum absolute atomic E-state index is 0.198. The second kappa shape index (κ2) is 4.39. The summed E-state index contributed by atoms with van der Waals surface area (Å²) >= 11 is 0. The molecule has 4 nitrogen and oxygen atoms in total. The third-order valence-corrected chi connectivity index (χ3v) is 2.43. The largest absolute Gasteiger partial charge is 0.444 e. The van der Waals surface area contributed by atoms with Gasteiger partial charge < -0.3 is 15.0 Å². The molecule has 1 rings (SSSR count). The van der Waals surface area contributed by atoms with Crippen LogP contribution in [0.3, 0.4) is 0 Å². The van der Waals surface area contributed by atoms with E-state index < -0.39 is 5.60 Å². The molecule has 0 bridgehead atoms. The lowest BCUT2D eigenvalue weighted by Gasteiger charge is -2.39. The van der Waals surface area contributed by atoms with Gasteiger partial charge in [-0.25, -0.2) is 4.79 Å². The van der Waals surface area contributed by atoms with Gasteiger partial charge in [-0.1, -0.05) is 0 Å². The van der Waals surface area contributed by atoms with Crippen LogP contribution in [0.1, 0.15) is 34.6 Å². The van der Waals surface area contributed by atoms with E-state index in [1.807, 2.05) is 39.5 Å². The molecule has 0 radical (unpaired) electrons. The van der Waals surface area contributed by atoms with E-state index in [1.165, 1.54) is 0 Å². The van der Waals surface area contributed by atoms with Gasteiger partial charge in [0.2, 0.25) is 0 Å². The number of nitrogens with zero attached hydrogens (tertiary/aromatic N) is 1. The number of hydrogen-bond donors (Lipinski definition) is 1. The van der Waals surface area contributed by atoms with Crippen LogP contribution in [0.4, 0.5) is 4.79 Å². The first-order valence-electron chi connectivity index (χ1n) is 5.53. The van der Waals surface area contributed by atoms with E-state index in [0.717, 1.165) is 13.1 Å². The van der Waals surface area contributed by atoms with Crippen molar-refractivity contribution in [1.29, 1.82) is 0 Å². The number of rotatable bonds is 0. The van der Waals surface area contributed by atoms with Crippen LogP contribution >= 0.6 is 0 Å². The Morgan fingerprint density at radius 3 is 2.13 bits per heavy atom. The summed E-state index contributed by atoms with van der Waals surface area (Å²) in [5, 5.41) is 3.28. The summed E-state index contributed by atoms with van der Waals surface area (Å²) in [7, 11) is 0. The summed E-state index contributed by atoms with van der Waals surface area (Å²) in [6, 6.07) is 0.396. The van der Waals surface area contributed by atoms with E-state index >= 15 is 0 Å². The first-order chi connectivity index (χ1) is 6.81. The van der Waals surface area contributed by atoms with Crippen molar-refractivity contribution >= 4 is 6.09 Å². The number of amides is 1. The quantitative estimate of drug-likeness (QED) is 0.666. The number of hydrogen-bond acceptors (Lipinski definition) is 3. The molecule has 1 fully saturated rings. The summed E-state index contributed by atoms with van der Waals surface area (Å²) < 4.78 is 5.38. The monoisotopic (exact) mass is 214 g/mol. The zero-order chi connectivity index (χ0) is 11.6. The summed E-state index contributed by atoms with van der Waals surface area (Å²) in [5.74, 6) is 0. The Labute approximate surface area is 92.0 Å². The van der Waals surface area contributed by atoms with Crippen molar-refractivity contribution in [2.75, 3.05) is 13.1 Å². The molecule has 1 aliphatic rings. The predicted octanol–water partition coefficient (Wildman–Crippen LogP) is 1.60. The van der Waals surface area contributed by atoms with Crippen LogP contribution in [0, 0.1) is 0 Å². The molecule has 0 aromatic heterocycles. The SMILES string of the molecule is C[C@@H]1CNC[C@@H](C)N1C(=O)OC(C)(C)C. The highest BCUT2D eigenvalue weighted by molar-refractivity contribution is 5.69. The fourth-order valence-electron chi connectivity index (χ4n) is 1.81. The molecule has 0 saturated carbocycles. The van der Waals surface area contributed by atoms with Crippen LogP contribution in [0.5, 0.6) is 0 Å². The van der Waals surface area contributed by atoms with Crippen LogP contribution in [0.2, 0.25) is 0 Å². The van der Waals surface area contributed by atoms with Gasteiger partial charge >= 0.3 is 6.09 Å². The molecule has 15 heavy (non-hydrogen) atoms. The standard InChI is InChI=1S/C11H22N2O2/c1-8-6-12-7-9(2)13(8)10(14)15-11(3,4)5/h8-9,12H,6-7H2,1-5H3/t8-,9-/m1/s1. The normalized spacial score (nSPS) is 27.7. The van der Waals surface area contributed by atoms with Crippen molar-refractivity contribution in [3.05, 3.63) is 0 Å². The molecule has 0 aromatic carbocycles. The Morgan fingerprint density at radius 1 is 1.27 bits per heavy atom. The predicted molar refractivity (Wildman–Crippen MR) is 59.9 cm³/mol. The van der Waals surface area contributed by atoms with Crippen molar-refractivity contribution < 1.29 is 9.53 Å². The molecule has 0 aliphatic carbocycles. The summed E-state index contributed by atoms with van der Waals surface area (Å²) in [6.45, 7) is 11.4. The van der Waals surface area contributed by atoms with Crippen molar-refractivity contribution in [1.82, 2.24) is 10.2 Å². The van der Waals surface area contributed by atoms with Gasteiger partial charge in [-0.05, 0) is 34.6 Å². The summed E-state index contributed by atoms with van der Waals surface area (Å²) in [4.78, 5) is 13.7. The second-order valence-corrected chi connectivity index (χ2v) is 5.24. The number of carbonyl (C=O) groups excluding carboxylic acids is 1. The van der Waals surface area contributed by atoms with E-state index in [9.17, 15) is 4.79 Å². The fraction of sp³-hybridized carbons (Fsp3) is 0.909. The Kier molecular flexibility index (Phi) is 3.60. The van der Waals surface area contributed by atoms with Gasteiger partial charge in [0.1, 0.15) is 5.60 Å². The third kappa shape index (κ3) is 3.38. The van der Waals surface area contributed by atoms with Crippen molar-refractivity contribution in [3.63, 3.8) is 0 Å². The number of carbonyl (C=O) groups is 1. The zero-order valence-electron chi connectivity index (χ0n) is 10.3. The van der Waals surface area contributed by atoms with Crippen LogP contribution in [0.25, 0.3) is 0 Å². The van der Waals surface area contributed by atoms with Crippen LogP contribution in [-0.2, 0) is 4.74 Å². The molecule has 1 aliphatic heterocycles. The molecule has 2 atom stereocenters. The molecular weight excluding hydrogens is 192 g/mol. The Morgan fingerprint density at radius 2 is 1.73 bits per heavy atom. The van der Waals surface area contributed by atoms with Gasteiger partial charge in [-0.2, -0.15) is 0 Å². The molecule has 0 unspecified atom stereocenters. The molecule has 1 N–H and O–H groups in total. The lowest BCUT2D eigenvalue weighted by atomic mass is 10.1. The fourth-order valence-corrected chi connectivity index (χ4v) is 1.81. The van der Waals surface area contributed by atoms with E-state index in [-0.39, 0.29) is 18.2 Å². The zero-order valence-corrected chi connectivity index (χ0v) is 10.3. The van der Waals surface area contributed by atoms with Gasteiger partial charge in [0.05, 0.1) is 0 Å². The highest BCUT2D eigenvalue weighted by Crippen LogP contribution is 2.16. The van der Waals surface area contributed by atoms with Crippen molar-refractivity contribution in [2.24, 2.45) is 0 Å². The highest BCUT2D eigenvalue weighted by atomic mass is 16.6.